The van der Waals surface area contributed by atoms with E-state index >= 15 is 0 Å². The minimum Gasteiger partial charge on any atom is -0.478 e. The highest BCUT2D eigenvalue weighted by molar-refractivity contribution is 9.09. The third-order valence-corrected chi connectivity index (χ3v) is 2.39. The predicted octanol–water partition coefficient (Wildman–Crippen LogP) is 2.40. The van der Waals surface area contributed by atoms with Crippen LogP contribution in [0.25, 0.3) is 0 Å². The van der Waals surface area contributed by atoms with Crippen molar-refractivity contribution in [2.24, 2.45) is 0 Å². The molecule has 0 amide bonds. The van der Waals surface area contributed by atoms with Crippen molar-refractivity contribution in [3.63, 3.8) is 0 Å². The largest absolute Gasteiger partial charge is 0.478 e. The molecular weight excluding hydrogens is 270 g/mol. The number of rotatable bonds is 6. The monoisotopic (exact) mass is 287 g/mol. The summed E-state index contributed by atoms with van der Waals surface area (Å²) in [6.45, 7) is 5.59. The Morgan fingerprint density at radius 2 is 2.19 bits per heavy atom. The van der Waals surface area contributed by atoms with E-state index in [2.05, 4.69) is 32.8 Å². The first-order valence-corrected chi connectivity index (χ1v) is 6.55. The average Bonchev–Trinajstić information content (AvgIpc) is 2.26. The van der Waals surface area contributed by atoms with Crippen LogP contribution in [0.4, 0.5) is 5.95 Å². The molecule has 0 atom stereocenters. The maximum absolute atomic E-state index is 5.52. The minimum absolute atomic E-state index is 0.658. The van der Waals surface area contributed by atoms with Crippen LogP contribution in [0.2, 0.25) is 0 Å². The summed E-state index contributed by atoms with van der Waals surface area (Å²) in [6, 6.07) is 1.86. The second kappa shape index (κ2) is 6.68. The summed E-state index contributed by atoms with van der Waals surface area (Å²) in [5.41, 5.74) is 0.928. The van der Waals surface area contributed by atoms with Crippen molar-refractivity contribution in [3.8, 4) is 5.88 Å². The smallest absolute Gasteiger partial charge is 0.228 e. The highest BCUT2D eigenvalue weighted by atomic mass is 79.9. The molecule has 90 valence electrons. The van der Waals surface area contributed by atoms with Gasteiger partial charge in [0.2, 0.25) is 11.8 Å². The Kier molecular flexibility index (Phi) is 5.52. The van der Waals surface area contributed by atoms with Gasteiger partial charge in [0.15, 0.2) is 0 Å². The molecule has 5 heteroatoms. The summed E-state index contributed by atoms with van der Waals surface area (Å²) in [5, 5.41) is 0.895. The van der Waals surface area contributed by atoms with Gasteiger partial charge < -0.3 is 9.64 Å². The van der Waals surface area contributed by atoms with Crippen LogP contribution in [-0.4, -0.2) is 35.5 Å². The van der Waals surface area contributed by atoms with E-state index in [1.54, 1.807) is 0 Å². The van der Waals surface area contributed by atoms with Crippen LogP contribution in [0, 0.1) is 6.92 Å². The van der Waals surface area contributed by atoms with Crippen molar-refractivity contribution in [1.29, 1.82) is 0 Å². The lowest BCUT2D eigenvalue weighted by Crippen LogP contribution is -2.22. The molecule has 16 heavy (non-hydrogen) atoms. The molecule has 0 saturated heterocycles. The molecule has 0 fully saturated rings. The Morgan fingerprint density at radius 1 is 1.44 bits per heavy atom. The molecule has 1 rings (SSSR count). The van der Waals surface area contributed by atoms with Crippen LogP contribution in [-0.2, 0) is 0 Å². The van der Waals surface area contributed by atoms with Crippen molar-refractivity contribution < 1.29 is 4.74 Å². The number of hydrogen-bond acceptors (Lipinski definition) is 4. The fourth-order valence-corrected chi connectivity index (χ4v) is 1.73. The maximum atomic E-state index is 5.52. The van der Waals surface area contributed by atoms with Crippen LogP contribution in [0.3, 0.4) is 0 Å². The van der Waals surface area contributed by atoms with Gasteiger partial charge in [-0.15, -0.1) is 0 Å². The number of alkyl halides is 1. The van der Waals surface area contributed by atoms with E-state index in [0.717, 1.165) is 24.0 Å². The van der Waals surface area contributed by atoms with Gasteiger partial charge in [-0.1, -0.05) is 22.9 Å². The van der Waals surface area contributed by atoms with Crippen LogP contribution in [0.1, 0.15) is 19.0 Å². The molecule has 0 aliphatic rings. The number of anilines is 1. The molecule has 0 aromatic carbocycles. The maximum Gasteiger partial charge on any atom is 0.228 e. The highest BCUT2D eigenvalue weighted by Crippen LogP contribution is 2.14. The Hall–Kier alpha value is -0.840. The first-order valence-electron chi connectivity index (χ1n) is 5.43. The Labute approximate surface area is 105 Å². The number of aromatic nitrogens is 2. The molecular formula is C11H18BrN3O. The number of hydrogen-bond donors (Lipinski definition) is 0. The molecule has 0 unspecified atom stereocenters. The first kappa shape index (κ1) is 13.2. The molecule has 0 N–H and O–H groups in total. The number of nitrogens with zero attached hydrogens (tertiary/aromatic N) is 3. The zero-order chi connectivity index (χ0) is 12.0. The molecule has 4 nitrogen and oxygen atoms in total. The third kappa shape index (κ3) is 3.96. The van der Waals surface area contributed by atoms with Gasteiger partial charge in [0, 0.05) is 30.7 Å². The molecule has 0 saturated carbocycles. The van der Waals surface area contributed by atoms with Gasteiger partial charge in [-0.3, -0.25) is 0 Å². The number of ether oxygens (including phenoxy) is 1. The number of aryl methyl sites for hydroxylation is 1. The molecule has 1 aromatic rings. The molecule has 0 aliphatic heterocycles. The van der Waals surface area contributed by atoms with E-state index in [-0.39, 0.29) is 0 Å². The molecule has 0 spiro atoms. The lowest BCUT2D eigenvalue weighted by atomic mass is 10.4. The molecule has 1 aromatic heterocycles. The van der Waals surface area contributed by atoms with Gasteiger partial charge in [-0.25, -0.2) is 4.98 Å². The van der Waals surface area contributed by atoms with Crippen LogP contribution in [0.15, 0.2) is 6.07 Å². The van der Waals surface area contributed by atoms with Crippen molar-refractivity contribution >= 4 is 21.9 Å². The van der Waals surface area contributed by atoms with E-state index in [1.165, 1.54) is 0 Å². The van der Waals surface area contributed by atoms with E-state index < -0.39 is 0 Å². The second-order valence-corrected chi connectivity index (χ2v) is 4.40. The highest BCUT2D eigenvalue weighted by Gasteiger charge is 2.07. The zero-order valence-corrected chi connectivity index (χ0v) is 11.6. The summed E-state index contributed by atoms with van der Waals surface area (Å²) in [5.74, 6) is 1.37. The van der Waals surface area contributed by atoms with Crippen LogP contribution in [0.5, 0.6) is 5.88 Å². The summed E-state index contributed by atoms with van der Waals surface area (Å²) < 4.78 is 5.52. The molecule has 0 bridgehead atoms. The summed E-state index contributed by atoms with van der Waals surface area (Å²) >= 11 is 3.40. The van der Waals surface area contributed by atoms with Crippen LogP contribution >= 0.6 is 15.9 Å². The Bertz CT molecular complexity index is 333. The standard InChI is InChI=1S/C11H18BrN3O/c1-4-7-16-10-8-9(2)13-11(14-10)15(3)6-5-12/h8H,4-7H2,1-3H3. The lowest BCUT2D eigenvalue weighted by Gasteiger charge is -2.16. The SMILES string of the molecule is CCCOc1cc(C)nc(N(C)CCBr)n1. The van der Waals surface area contributed by atoms with E-state index in [0.29, 0.717) is 18.4 Å². The number of halogens is 1. The zero-order valence-electron chi connectivity index (χ0n) is 10.0. The second-order valence-electron chi connectivity index (χ2n) is 3.61. The van der Waals surface area contributed by atoms with Crippen molar-refractivity contribution in [2.75, 3.05) is 30.4 Å². The van der Waals surface area contributed by atoms with Gasteiger partial charge in [0.1, 0.15) is 0 Å². The van der Waals surface area contributed by atoms with Gasteiger partial charge >= 0.3 is 0 Å². The van der Waals surface area contributed by atoms with Crippen molar-refractivity contribution in [2.45, 2.75) is 20.3 Å². The third-order valence-electron chi connectivity index (χ3n) is 2.03. The van der Waals surface area contributed by atoms with Gasteiger partial charge in [0.05, 0.1) is 6.61 Å². The van der Waals surface area contributed by atoms with Gasteiger partial charge in [0.25, 0.3) is 0 Å². The molecule has 1 heterocycles. The van der Waals surface area contributed by atoms with E-state index in [1.807, 2.05) is 24.9 Å². The summed E-state index contributed by atoms with van der Waals surface area (Å²) in [7, 11) is 1.97. The average molecular weight is 288 g/mol. The molecule has 0 radical (unpaired) electrons. The predicted molar refractivity (Wildman–Crippen MR) is 69.6 cm³/mol. The minimum atomic E-state index is 0.658. The first-order chi connectivity index (χ1) is 7.67. The van der Waals surface area contributed by atoms with E-state index in [4.69, 9.17) is 4.74 Å². The Balaban J connectivity index is 2.80. The normalized spacial score (nSPS) is 10.2. The quantitative estimate of drug-likeness (QED) is 0.753. The summed E-state index contributed by atoms with van der Waals surface area (Å²) in [4.78, 5) is 10.7. The Morgan fingerprint density at radius 3 is 2.81 bits per heavy atom. The van der Waals surface area contributed by atoms with Gasteiger partial charge in [-0.2, -0.15) is 4.98 Å². The topological polar surface area (TPSA) is 38.2 Å². The van der Waals surface area contributed by atoms with E-state index in [9.17, 15) is 0 Å². The van der Waals surface area contributed by atoms with Crippen molar-refractivity contribution in [3.05, 3.63) is 11.8 Å². The fraction of sp³-hybridized carbons (Fsp3) is 0.636. The van der Waals surface area contributed by atoms with Crippen molar-refractivity contribution in [1.82, 2.24) is 9.97 Å². The fourth-order valence-electron chi connectivity index (χ4n) is 1.20. The summed E-state index contributed by atoms with van der Waals surface area (Å²) in [6.07, 6.45) is 0.982. The molecule has 0 aliphatic carbocycles. The lowest BCUT2D eigenvalue weighted by molar-refractivity contribution is 0.304. The van der Waals surface area contributed by atoms with Gasteiger partial charge in [-0.05, 0) is 13.3 Å². The van der Waals surface area contributed by atoms with Crippen LogP contribution < -0.4 is 9.64 Å².